The minimum absolute atomic E-state index is 0.405. The molecule has 0 radical (unpaired) electrons. The van der Waals surface area contributed by atoms with Gasteiger partial charge in [0, 0.05) is 44.6 Å². The maximum Gasteiger partial charge on any atom is 0.125 e. The van der Waals surface area contributed by atoms with Crippen LogP contribution < -0.4 is 0 Å². The van der Waals surface area contributed by atoms with E-state index in [1.165, 1.54) is 19.1 Å². The molecule has 6 rings (SSSR count). The van der Waals surface area contributed by atoms with Gasteiger partial charge in [-0.15, -0.1) is 49.5 Å². The smallest absolute Gasteiger partial charge is 0.125 e. The zero-order valence-electron chi connectivity index (χ0n) is 53.5. The second kappa shape index (κ2) is 58.0. The Kier molecular flexibility index (Phi) is 53.1. The largest absolute Gasteiger partial charge is 0.499 e. The maximum atomic E-state index is 5.45. The van der Waals surface area contributed by atoms with Crippen molar-refractivity contribution in [2.24, 2.45) is 0 Å². The van der Waals surface area contributed by atoms with E-state index in [4.69, 9.17) is 38.0 Å². The van der Waals surface area contributed by atoms with Crippen LogP contribution in [0.2, 0.25) is 0 Å². The molecule has 86 heavy (non-hydrogen) atoms. The lowest BCUT2D eigenvalue weighted by Gasteiger charge is -2.06. The molecule has 0 fully saturated rings. The third kappa shape index (κ3) is 43.3. The van der Waals surface area contributed by atoms with Crippen molar-refractivity contribution in [2.45, 2.75) is 147 Å². The summed E-state index contributed by atoms with van der Waals surface area (Å²) in [5, 5.41) is 47.3. The van der Waals surface area contributed by atoms with Gasteiger partial charge in [0.25, 0.3) is 0 Å². The number of ether oxygens (including phenoxy) is 7. The summed E-state index contributed by atoms with van der Waals surface area (Å²) < 4.78 is 47.3. The first-order valence-corrected chi connectivity index (χ1v) is 29.6. The Bertz CT molecular complexity index is 2560. The van der Waals surface area contributed by atoms with E-state index in [-0.39, 0.29) is 0 Å². The van der Waals surface area contributed by atoms with E-state index >= 15 is 0 Å². The summed E-state index contributed by atoms with van der Waals surface area (Å²) in [5.74, 6) is 0. The fourth-order valence-corrected chi connectivity index (χ4v) is 5.88. The minimum Gasteiger partial charge on any atom is -0.499 e. The molecule has 6 heterocycles. The van der Waals surface area contributed by atoms with Crippen molar-refractivity contribution < 1.29 is 42.9 Å². The van der Waals surface area contributed by atoms with Gasteiger partial charge in [-0.25, -0.2) is 23.4 Å². The quantitative estimate of drug-likeness (QED) is 0.00883. The van der Waals surface area contributed by atoms with Gasteiger partial charge in [-0.2, -0.15) is 4.89 Å². The summed E-state index contributed by atoms with van der Waals surface area (Å²) in [4.78, 5) is 9.48. The van der Waals surface area contributed by atoms with E-state index in [9.17, 15) is 0 Å². The van der Waals surface area contributed by atoms with Gasteiger partial charge in [0.05, 0.1) is 151 Å². The average Bonchev–Trinajstić information content (AvgIpc) is 4.47. The Morgan fingerprint density at radius 1 is 0.430 bits per heavy atom. The Morgan fingerprint density at radius 3 is 1.15 bits per heavy atom. The topological polar surface area (TPSA) is 267 Å². The lowest BCUT2D eigenvalue weighted by atomic mass is 10.3. The van der Waals surface area contributed by atoms with Crippen LogP contribution in [0.15, 0.2) is 93.4 Å². The normalized spacial score (nSPS) is 10.4. The summed E-state index contributed by atoms with van der Waals surface area (Å²) >= 11 is 0. The van der Waals surface area contributed by atoms with Crippen molar-refractivity contribution in [1.82, 2.24) is 90.0 Å². The van der Waals surface area contributed by atoms with E-state index in [0.717, 1.165) is 85.8 Å². The van der Waals surface area contributed by atoms with Crippen LogP contribution in [-0.2, 0) is 108 Å². The highest BCUT2D eigenvalue weighted by atomic mass is 17.2. The molecule has 482 valence electrons. The van der Waals surface area contributed by atoms with Crippen LogP contribution in [0.25, 0.3) is 12.4 Å². The SMILES string of the molecule is C/C=C/OCCOCCn1cc(CC)nn1.C/C=C\OOCCOCCn1cc(CC)nn1.C=C.C=Cn1cc(CC)nn1.CC=C=Cn1cc(CC)nn1.CCCCn1cc(CC)nn1.CCc1cn(CCOCCOCCOCCOC)nn1. The predicted molar refractivity (Wildman–Crippen MR) is 332 cm³/mol. The van der Waals surface area contributed by atoms with Crippen LogP contribution in [0.4, 0.5) is 0 Å². The van der Waals surface area contributed by atoms with Crippen molar-refractivity contribution in [3.8, 4) is 0 Å². The number of rotatable bonds is 38. The summed E-state index contributed by atoms with van der Waals surface area (Å²) in [6, 6.07) is 0. The first-order chi connectivity index (χ1) is 42.2. The zero-order chi connectivity index (χ0) is 63.4. The summed E-state index contributed by atoms with van der Waals surface area (Å²) in [7, 11) is 1.65. The molecule has 0 aliphatic rings. The molecule has 0 spiro atoms. The zero-order valence-corrected chi connectivity index (χ0v) is 53.5. The maximum absolute atomic E-state index is 5.45. The Balaban J connectivity index is 0.00000102. The molecule has 0 aromatic carbocycles. The molecule has 27 heteroatoms. The van der Waals surface area contributed by atoms with Crippen LogP contribution in [-0.4, -0.2) is 183 Å². The van der Waals surface area contributed by atoms with E-state index in [1.807, 2.05) is 95.6 Å². The molecule has 0 saturated heterocycles. The molecule has 27 nitrogen and oxygen atoms in total. The second-order valence-electron chi connectivity index (χ2n) is 17.3. The van der Waals surface area contributed by atoms with Crippen LogP contribution >= 0.6 is 0 Å². The highest BCUT2D eigenvalue weighted by Crippen LogP contribution is 1.99. The Hall–Kier alpha value is -7.36. The van der Waals surface area contributed by atoms with Gasteiger partial charge in [-0.05, 0) is 77.9 Å². The Labute approximate surface area is 510 Å². The highest BCUT2D eigenvalue weighted by molar-refractivity contribution is 5.18. The third-order valence-electron chi connectivity index (χ3n) is 10.7. The van der Waals surface area contributed by atoms with Crippen molar-refractivity contribution in [1.29, 1.82) is 0 Å². The Morgan fingerprint density at radius 2 is 0.791 bits per heavy atom. The number of nitrogens with zero attached hydrogens (tertiary/aromatic N) is 18. The molecule has 0 N–H and O–H groups in total. The fraction of sp³-hybridized carbons (Fsp3) is 0.610. The van der Waals surface area contributed by atoms with Crippen LogP contribution in [0.3, 0.4) is 0 Å². The lowest BCUT2D eigenvalue weighted by molar-refractivity contribution is -0.255. The predicted octanol–water partition coefficient (Wildman–Crippen LogP) is 8.15. The van der Waals surface area contributed by atoms with E-state index in [1.54, 1.807) is 55.3 Å². The molecule has 0 amide bonds. The number of unbranched alkanes of at least 4 members (excludes halogenated alkanes) is 1. The molecule has 6 aromatic rings. The van der Waals surface area contributed by atoms with Crippen molar-refractivity contribution in [3.05, 3.63) is 128 Å². The summed E-state index contributed by atoms with van der Waals surface area (Å²) in [6.45, 7) is 40.3. The molecular weight excluding hydrogens is 1100 g/mol. The average molecular weight is 1210 g/mol. The third-order valence-corrected chi connectivity index (χ3v) is 10.7. The molecule has 0 aliphatic heterocycles. The van der Waals surface area contributed by atoms with E-state index < -0.39 is 0 Å². The number of methoxy groups -OCH3 is 1. The second-order valence-corrected chi connectivity index (χ2v) is 17.3. The first kappa shape index (κ1) is 78.6. The molecule has 0 unspecified atom stereocenters. The van der Waals surface area contributed by atoms with Gasteiger partial charge in [-0.1, -0.05) is 98.8 Å². The van der Waals surface area contributed by atoms with Gasteiger partial charge in [0.2, 0.25) is 0 Å². The van der Waals surface area contributed by atoms with Crippen molar-refractivity contribution in [2.75, 3.05) is 93.0 Å². The van der Waals surface area contributed by atoms with E-state index in [2.05, 4.69) is 120 Å². The number of hydrogen-bond donors (Lipinski definition) is 0. The fourth-order valence-electron chi connectivity index (χ4n) is 5.88. The van der Waals surface area contributed by atoms with Crippen LogP contribution in [0.5, 0.6) is 0 Å². The number of aryl methyl sites for hydroxylation is 7. The molecule has 6 aromatic heterocycles. The van der Waals surface area contributed by atoms with Gasteiger partial charge in [0.1, 0.15) is 19.5 Å². The minimum atomic E-state index is 0.405. The summed E-state index contributed by atoms with van der Waals surface area (Å²) in [6.07, 6.45) is 31.4. The van der Waals surface area contributed by atoms with Crippen molar-refractivity contribution in [3.63, 3.8) is 0 Å². The van der Waals surface area contributed by atoms with Crippen molar-refractivity contribution >= 4 is 12.4 Å². The molecule has 0 atom stereocenters. The summed E-state index contributed by atoms with van der Waals surface area (Å²) in [5.41, 5.74) is 9.00. The highest BCUT2D eigenvalue weighted by Gasteiger charge is 2.02. The first-order valence-electron chi connectivity index (χ1n) is 29.6. The standard InChI is InChI=1S/C13H25N3O4.C11H19N3O3.C11H19N3O2.C8H15N3.C8H11N3.C6H9N3.C2H4/c1-3-13-12-16(15-14-13)4-5-18-8-9-20-11-10-19-7-6-17-2;1-3-6-16-17-9-8-15-7-5-14-10-11(4-2)12-13-14;1-3-6-15-8-9-16-7-5-14-10-11(4-2)12-13-14;2*1-3-5-6-11-7-8(4-2)9-10-11;1-3-6-5-9(4-2)8-7-6;1-2/h12H,3-11H2,1-2H3;3,6,10H,4-5,7-9H2,1-2H3;3,6,10H,4-5,7-9H2,1-2H3;7H,3-6H2,1-2H3;3,6-7H,4H2,1-2H3;4-5H,2-3H2,1H3;1-2H2/b;6-3-;6-3+;;;;. The van der Waals surface area contributed by atoms with Crippen LogP contribution in [0, 0.1) is 0 Å². The van der Waals surface area contributed by atoms with Gasteiger partial charge < -0.3 is 38.0 Å². The molecule has 0 bridgehead atoms. The van der Waals surface area contributed by atoms with Crippen LogP contribution in [0.1, 0.15) is 116 Å². The molecule has 0 saturated carbocycles. The molecular formula is C59H102N18O9. The number of hydrogen-bond acceptors (Lipinski definition) is 21. The number of aromatic nitrogens is 18. The van der Waals surface area contributed by atoms with Gasteiger partial charge in [0.15, 0.2) is 0 Å². The monoisotopic (exact) mass is 1210 g/mol. The number of allylic oxidation sites excluding steroid dienone is 3. The van der Waals surface area contributed by atoms with Gasteiger partial charge >= 0.3 is 0 Å². The van der Waals surface area contributed by atoms with Gasteiger partial charge in [-0.3, -0.25) is 4.68 Å². The lowest BCUT2D eigenvalue weighted by Crippen LogP contribution is -2.13. The molecule has 0 aliphatic carbocycles. The van der Waals surface area contributed by atoms with E-state index in [0.29, 0.717) is 99.0 Å².